The summed E-state index contributed by atoms with van der Waals surface area (Å²) in [4.78, 5) is 27.4. The Morgan fingerprint density at radius 3 is 2.38 bits per heavy atom. The predicted molar refractivity (Wildman–Crippen MR) is 112 cm³/mol. The molecule has 6 heteroatoms. The van der Waals surface area contributed by atoms with Crippen LogP contribution in [0, 0.1) is 5.82 Å². The van der Waals surface area contributed by atoms with Gasteiger partial charge in [-0.1, -0.05) is 60.8 Å². The molecule has 4 nitrogen and oxygen atoms in total. The molecular weight excluding hydrogens is 391 g/mol. The van der Waals surface area contributed by atoms with Gasteiger partial charge >= 0.3 is 0 Å². The number of benzene rings is 2. The number of rotatable bonds is 7. The van der Waals surface area contributed by atoms with Crippen LogP contribution in [0.2, 0.25) is 5.02 Å². The Bertz CT molecular complexity index is 867. The molecule has 1 fully saturated rings. The fraction of sp³-hybridized carbons (Fsp3) is 0.391. The zero-order valence-electron chi connectivity index (χ0n) is 16.5. The molecule has 1 saturated carbocycles. The van der Waals surface area contributed by atoms with E-state index in [-0.39, 0.29) is 30.8 Å². The summed E-state index contributed by atoms with van der Waals surface area (Å²) in [5.41, 5.74) is 1.06. The van der Waals surface area contributed by atoms with Gasteiger partial charge in [-0.2, -0.15) is 0 Å². The second-order valence-corrected chi connectivity index (χ2v) is 7.95. The topological polar surface area (TPSA) is 49.4 Å². The summed E-state index contributed by atoms with van der Waals surface area (Å²) in [5.74, 6) is -0.934. The van der Waals surface area contributed by atoms with Crippen LogP contribution in [0.3, 0.4) is 0 Å². The zero-order valence-corrected chi connectivity index (χ0v) is 17.3. The molecule has 1 atom stereocenters. The van der Waals surface area contributed by atoms with Gasteiger partial charge in [0, 0.05) is 17.6 Å². The molecule has 0 aliphatic heterocycles. The van der Waals surface area contributed by atoms with Crippen molar-refractivity contribution < 1.29 is 14.0 Å². The van der Waals surface area contributed by atoms with Crippen LogP contribution in [-0.2, 0) is 22.6 Å². The highest BCUT2D eigenvalue weighted by Gasteiger charge is 2.29. The highest BCUT2D eigenvalue weighted by atomic mass is 35.5. The molecule has 0 spiro atoms. The van der Waals surface area contributed by atoms with Gasteiger partial charge in [-0.15, -0.1) is 0 Å². The van der Waals surface area contributed by atoms with Crippen molar-refractivity contribution in [3.63, 3.8) is 0 Å². The Morgan fingerprint density at radius 1 is 1.10 bits per heavy atom. The lowest BCUT2D eigenvalue weighted by Crippen LogP contribution is -2.50. The van der Waals surface area contributed by atoms with E-state index in [4.69, 9.17) is 11.6 Å². The summed E-state index contributed by atoms with van der Waals surface area (Å²) in [5, 5.41) is 3.58. The van der Waals surface area contributed by atoms with Crippen LogP contribution in [0.15, 0.2) is 48.5 Å². The van der Waals surface area contributed by atoms with E-state index in [2.05, 4.69) is 5.32 Å². The van der Waals surface area contributed by atoms with Gasteiger partial charge in [0.2, 0.25) is 11.8 Å². The van der Waals surface area contributed by atoms with Crippen LogP contribution in [0.25, 0.3) is 0 Å². The minimum atomic E-state index is -0.689. The number of nitrogens with one attached hydrogen (secondary N) is 1. The summed E-state index contributed by atoms with van der Waals surface area (Å²) in [6, 6.07) is 12.9. The predicted octanol–water partition coefficient (Wildman–Crippen LogP) is 4.50. The van der Waals surface area contributed by atoms with Crippen LogP contribution in [-0.4, -0.2) is 28.8 Å². The number of carbonyl (C=O) groups excluding carboxylic acids is 2. The molecule has 1 aliphatic rings. The van der Waals surface area contributed by atoms with Crippen molar-refractivity contribution in [1.82, 2.24) is 10.2 Å². The molecule has 2 amide bonds. The third-order valence-corrected chi connectivity index (χ3v) is 5.84. The van der Waals surface area contributed by atoms with Crippen LogP contribution < -0.4 is 5.32 Å². The number of carbonyl (C=O) groups is 2. The van der Waals surface area contributed by atoms with Gasteiger partial charge < -0.3 is 10.2 Å². The van der Waals surface area contributed by atoms with E-state index in [0.29, 0.717) is 10.6 Å². The monoisotopic (exact) mass is 416 g/mol. The second-order valence-electron chi connectivity index (χ2n) is 7.55. The van der Waals surface area contributed by atoms with Gasteiger partial charge in [0.15, 0.2) is 0 Å². The molecule has 154 valence electrons. The Labute approximate surface area is 176 Å². The molecule has 2 aromatic carbocycles. The zero-order chi connectivity index (χ0) is 20.8. The highest BCUT2D eigenvalue weighted by molar-refractivity contribution is 6.31. The summed E-state index contributed by atoms with van der Waals surface area (Å²) in [7, 11) is 0. The molecule has 1 aliphatic carbocycles. The number of hydrogen-bond acceptors (Lipinski definition) is 2. The maximum absolute atomic E-state index is 14.1. The van der Waals surface area contributed by atoms with Gasteiger partial charge in [-0.25, -0.2) is 4.39 Å². The fourth-order valence-corrected chi connectivity index (χ4v) is 3.89. The third kappa shape index (κ3) is 5.57. The maximum atomic E-state index is 14.1. The van der Waals surface area contributed by atoms with Crippen molar-refractivity contribution in [1.29, 1.82) is 0 Å². The van der Waals surface area contributed by atoms with E-state index < -0.39 is 11.9 Å². The summed E-state index contributed by atoms with van der Waals surface area (Å²) < 4.78 is 14.1. The van der Waals surface area contributed by atoms with Crippen LogP contribution in [0.4, 0.5) is 4.39 Å². The normalized spacial score (nSPS) is 15.1. The van der Waals surface area contributed by atoms with Gasteiger partial charge in [0.25, 0.3) is 0 Å². The van der Waals surface area contributed by atoms with Crippen molar-refractivity contribution in [2.75, 3.05) is 0 Å². The number of amides is 2. The van der Waals surface area contributed by atoms with E-state index in [0.717, 1.165) is 31.2 Å². The largest absolute Gasteiger partial charge is 0.352 e. The van der Waals surface area contributed by atoms with E-state index in [1.54, 1.807) is 31.2 Å². The van der Waals surface area contributed by atoms with Crippen molar-refractivity contribution in [2.45, 2.75) is 57.7 Å². The van der Waals surface area contributed by atoms with Crippen molar-refractivity contribution in [3.05, 3.63) is 70.5 Å². The first-order valence-corrected chi connectivity index (χ1v) is 10.4. The Morgan fingerprint density at radius 2 is 1.72 bits per heavy atom. The molecule has 1 unspecified atom stereocenters. The maximum Gasteiger partial charge on any atom is 0.242 e. The van der Waals surface area contributed by atoms with Crippen LogP contribution in [0.1, 0.15) is 43.7 Å². The average molecular weight is 417 g/mol. The van der Waals surface area contributed by atoms with Crippen molar-refractivity contribution in [3.8, 4) is 0 Å². The molecule has 3 rings (SSSR count). The Hall–Kier alpha value is -2.40. The molecule has 2 aromatic rings. The van der Waals surface area contributed by atoms with Crippen molar-refractivity contribution >= 4 is 23.4 Å². The van der Waals surface area contributed by atoms with E-state index in [9.17, 15) is 14.0 Å². The summed E-state index contributed by atoms with van der Waals surface area (Å²) in [6.07, 6.45) is 4.03. The van der Waals surface area contributed by atoms with Crippen LogP contribution in [0.5, 0.6) is 0 Å². The third-order valence-electron chi connectivity index (χ3n) is 5.47. The SMILES string of the molecule is CC(C(=O)NC1CCCC1)N(Cc1ccccc1Cl)C(=O)Cc1ccccc1F. The molecule has 0 radical (unpaired) electrons. The van der Waals surface area contributed by atoms with Gasteiger partial charge in [0.05, 0.1) is 6.42 Å². The second kappa shape index (κ2) is 9.88. The Kier molecular flexibility index (Phi) is 7.26. The Balaban J connectivity index is 1.80. The summed E-state index contributed by atoms with van der Waals surface area (Å²) in [6.45, 7) is 1.90. The molecule has 0 bridgehead atoms. The highest BCUT2D eigenvalue weighted by Crippen LogP contribution is 2.21. The van der Waals surface area contributed by atoms with Gasteiger partial charge in [-0.05, 0) is 43.0 Å². The van der Waals surface area contributed by atoms with Gasteiger partial charge in [-0.3, -0.25) is 9.59 Å². The standard InChI is InChI=1S/C23H26ClFN2O2/c1-16(23(29)26-19-10-4-5-11-19)27(15-18-9-2-6-12-20(18)24)22(28)14-17-8-3-7-13-21(17)25/h2-3,6-9,12-13,16,19H,4-5,10-11,14-15H2,1H3,(H,26,29). The van der Waals surface area contributed by atoms with E-state index >= 15 is 0 Å². The number of hydrogen-bond donors (Lipinski definition) is 1. The molecule has 0 heterocycles. The lowest BCUT2D eigenvalue weighted by molar-refractivity contribution is -0.140. The van der Waals surface area contributed by atoms with Gasteiger partial charge in [0.1, 0.15) is 11.9 Å². The number of halogens is 2. The minimum absolute atomic E-state index is 0.113. The van der Waals surface area contributed by atoms with E-state index in [1.165, 1.54) is 11.0 Å². The molecule has 29 heavy (non-hydrogen) atoms. The molecular formula is C23H26ClFN2O2. The molecule has 1 N–H and O–H groups in total. The smallest absolute Gasteiger partial charge is 0.242 e. The lowest BCUT2D eigenvalue weighted by atomic mass is 10.1. The lowest BCUT2D eigenvalue weighted by Gasteiger charge is -2.30. The van der Waals surface area contributed by atoms with E-state index in [1.807, 2.05) is 18.2 Å². The number of nitrogens with zero attached hydrogens (tertiary/aromatic N) is 1. The fourth-order valence-electron chi connectivity index (χ4n) is 3.69. The van der Waals surface area contributed by atoms with Crippen molar-refractivity contribution in [2.24, 2.45) is 0 Å². The average Bonchev–Trinajstić information content (AvgIpc) is 3.21. The molecule has 0 aromatic heterocycles. The quantitative estimate of drug-likeness (QED) is 0.722. The first kappa shape index (κ1) is 21.3. The minimum Gasteiger partial charge on any atom is -0.352 e. The van der Waals surface area contributed by atoms with Crippen LogP contribution >= 0.6 is 11.6 Å². The first-order chi connectivity index (χ1) is 14.0. The first-order valence-electron chi connectivity index (χ1n) is 10.0. The molecule has 0 saturated heterocycles. The summed E-state index contributed by atoms with van der Waals surface area (Å²) >= 11 is 6.28.